The number of rotatable bonds is 3. The van der Waals surface area contributed by atoms with E-state index >= 15 is 0 Å². The molecule has 1 aliphatic heterocycles. The van der Waals surface area contributed by atoms with Crippen LogP contribution < -0.4 is 0 Å². The summed E-state index contributed by atoms with van der Waals surface area (Å²) in [5, 5.41) is 0. The second-order valence-corrected chi connectivity index (χ2v) is 6.11. The molecule has 1 heterocycles. The molecule has 0 saturated carbocycles. The predicted molar refractivity (Wildman–Crippen MR) is 75.2 cm³/mol. The molecule has 1 aromatic carbocycles. The van der Waals surface area contributed by atoms with Gasteiger partial charge in [0.05, 0.1) is 19.6 Å². The lowest BCUT2D eigenvalue weighted by Crippen LogP contribution is -2.25. The van der Waals surface area contributed by atoms with Crippen LogP contribution in [0.3, 0.4) is 0 Å². The van der Waals surface area contributed by atoms with Crippen LogP contribution in [-0.2, 0) is 31.2 Å². The Morgan fingerprint density at radius 3 is 2.55 bits per heavy atom. The van der Waals surface area contributed by atoms with Crippen molar-refractivity contribution >= 4 is 5.97 Å². The lowest BCUT2D eigenvalue weighted by atomic mass is 10.0. The molecule has 1 fully saturated rings. The van der Waals surface area contributed by atoms with Crippen LogP contribution in [0.4, 0.5) is 0 Å². The quantitative estimate of drug-likeness (QED) is 0.798. The Kier molecular flexibility index (Phi) is 4.16. The molecule has 0 atom stereocenters. The summed E-state index contributed by atoms with van der Waals surface area (Å²) in [4.78, 5) is 11.9. The van der Waals surface area contributed by atoms with Gasteiger partial charge in [0, 0.05) is 5.56 Å². The molecule has 1 aliphatic rings. The fraction of sp³-hybridized carbons (Fsp3) is 0.562. The van der Waals surface area contributed by atoms with E-state index in [9.17, 15) is 4.79 Å². The average molecular weight is 278 g/mol. The van der Waals surface area contributed by atoms with Crippen molar-refractivity contribution in [2.24, 2.45) is 0 Å². The zero-order chi connectivity index (χ0) is 14.8. The van der Waals surface area contributed by atoms with E-state index in [1.807, 2.05) is 52.0 Å². The smallest absolute Gasteiger partial charge is 0.310 e. The number of benzene rings is 1. The molecular formula is C16H22O4. The molecule has 4 heteroatoms. The van der Waals surface area contributed by atoms with Crippen molar-refractivity contribution in [3.63, 3.8) is 0 Å². The third-order valence-corrected chi connectivity index (χ3v) is 3.06. The van der Waals surface area contributed by atoms with E-state index in [1.165, 1.54) is 0 Å². The van der Waals surface area contributed by atoms with Gasteiger partial charge in [-0.1, -0.05) is 18.2 Å². The molecule has 2 rings (SSSR count). The first-order valence-electron chi connectivity index (χ1n) is 6.88. The van der Waals surface area contributed by atoms with Crippen LogP contribution in [0, 0.1) is 0 Å². The summed E-state index contributed by atoms with van der Waals surface area (Å²) < 4.78 is 16.6. The van der Waals surface area contributed by atoms with Gasteiger partial charge in [-0.2, -0.15) is 0 Å². The van der Waals surface area contributed by atoms with Crippen LogP contribution in [-0.4, -0.2) is 24.8 Å². The van der Waals surface area contributed by atoms with Gasteiger partial charge in [0.1, 0.15) is 5.60 Å². The Morgan fingerprint density at radius 1 is 1.30 bits per heavy atom. The summed E-state index contributed by atoms with van der Waals surface area (Å²) in [6.45, 7) is 8.67. The number of esters is 1. The maximum Gasteiger partial charge on any atom is 0.310 e. The molecule has 0 unspecified atom stereocenters. The molecule has 0 N–H and O–H groups in total. The molecule has 0 aromatic heterocycles. The van der Waals surface area contributed by atoms with E-state index in [-0.39, 0.29) is 12.4 Å². The second kappa shape index (κ2) is 5.54. The van der Waals surface area contributed by atoms with E-state index in [0.717, 1.165) is 11.1 Å². The minimum atomic E-state index is -0.704. The van der Waals surface area contributed by atoms with E-state index in [2.05, 4.69) is 0 Å². The van der Waals surface area contributed by atoms with E-state index < -0.39 is 11.4 Å². The summed E-state index contributed by atoms with van der Waals surface area (Å²) in [5.74, 6) is -0.933. The molecule has 0 aliphatic carbocycles. The summed E-state index contributed by atoms with van der Waals surface area (Å²) >= 11 is 0. The van der Waals surface area contributed by atoms with Gasteiger partial charge in [0.2, 0.25) is 0 Å². The van der Waals surface area contributed by atoms with Gasteiger partial charge in [-0.05, 0) is 39.3 Å². The molecule has 0 radical (unpaired) electrons. The van der Waals surface area contributed by atoms with Crippen LogP contribution in [0.25, 0.3) is 0 Å². The number of carbonyl (C=O) groups excluding carboxylic acids is 1. The van der Waals surface area contributed by atoms with Gasteiger partial charge in [-0.15, -0.1) is 0 Å². The van der Waals surface area contributed by atoms with Crippen molar-refractivity contribution in [3.8, 4) is 0 Å². The predicted octanol–water partition coefficient (Wildman–Crippen LogP) is 2.79. The number of hydrogen-bond acceptors (Lipinski definition) is 4. The fourth-order valence-corrected chi connectivity index (χ4v) is 2.19. The van der Waals surface area contributed by atoms with Gasteiger partial charge in [-0.25, -0.2) is 0 Å². The monoisotopic (exact) mass is 278 g/mol. The highest BCUT2D eigenvalue weighted by Gasteiger charge is 2.33. The molecule has 0 spiro atoms. The highest BCUT2D eigenvalue weighted by molar-refractivity contribution is 5.73. The van der Waals surface area contributed by atoms with E-state index in [0.29, 0.717) is 13.2 Å². The summed E-state index contributed by atoms with van der Waals surface area (Å²) in [6, 6.07) is 7.70. The molecule has 110 valence electrons. The van der Waals surface area contributed by atoms with Crippen LogP contribution >= 0.6 is 0 Å². The SMILES string of the molecule is CC(C)(C)OC(=O)Cc1cccc(C2(C)OCCO2)c1. The number of ether oxygens (including phenoxy) is 3. The van der Waals surface area contributed by atoms with Crippen molar-refractivity contribution in [1.29, 1.82) is 0 Å². The highest BCUT2D eigenvalue weighted by atomic mass is 16.7. The number of hydrogen-bond donors (Lipinski definition) is 0. The largest absolute Gasteiger partial charge is 0.460 e. The Hall–Kier alpha value is -1.39. The highest BCUT2D eigenvalue weighted by Crippen LogP contribution is 2.31. The molecular weight excluding hydrogens is 256 g/mol. The first-order chi connectivity index (χ1) is 9.28. The third-order valence-electron chi connectivity index (χ3n) is 3.06. The first kappa shape index (κ1) is 15.0. The minimum absolute atomic E-state index is 0.229. The number of carbonyl (C=O) groups is 1. The lowest BCUT2D eigenvalue weighted by molar-refractivity contribution is -0.154. The van der Waals surface area contributed by atoms with Crippen LogP contribution in [0.5, 0.6) is 0 Å². The molecule has 0 bridgehead atoms. The Labute approximate surface area is 120 Å². The standard InChI is InChI=1S/C16H22O4/c1-15(2,3)20-14(17)11-12-6-5-7-13(10-12)16(4)18-8-9-19-16/h5-7,10H,8-9,11H2,1-4H3. The maximum absolute atomic E-state index is 11.9. The lowest BCUT2D eigenvalue weighted by Gasteiger charge is -2.23. The Morgan fingerprint density at radius 2 is 1.95 bits per heavy atom. The second-order valence-electron chi connectivity index (χ2n) is 6.11. The van der Waals surface area contributed by atoms with E-state index in [4.69, 9.17) is 14.2 Å². The van der Waals surface area contributed by atoms with Crippen molar-refractivity contribution in [2.75, 3.05) is 13.2 Å². The molecule has 4 nitrogen and oxygen atoms in total. The van der Waals surface area contributed by atoms with Crippen molar-refractivity contribution in [1.82, 2.24) is 0 Å². The molecule has 1 aromatic rings. The first-order valence-corrected chi connectivity index (χ1v) is 6.88. The Bertz CT molecular complexity index is 481. The molecule has 0 amide bonds. The minimum Gasteiger partial charge on any atom is -0.460 e. The van der Waals surface area contributed by atoms with Gasteiger partial charge in [-0.3, -0.25) is 4.79 Å². The van der Waals surface area contributed by atoms with Crippen molar-refractivity contribution in [2.45, 2.75) is 45.5 Å². The van der Waals surface area contributed by atoms with Crippen molar-refractivity contribution in [3.05, 3.63) is 35.4 Å². The van der Waals surface area contributed by atoms with Crippen LogP contribution in [0.2, 0.25) is 0 Å². The van der Waals surface area contributed by atoms with Gasteiger partial charge < -0.3 is 14.2 Å². The zero-order valence-electron chi connectivity index (χ0n) is 12.6. The van der Waals surface area contributed by atoms with E-state index in [1.54, 1.807) is 0 Å². The maximum atomic E-state index is 11.9. The summed E-state index contributed by atoms with van der Waals surface area (Å²) in [5.41, 5.74) is 1.37. The molecule has 1 saturated heterocycles. The van der Waals surface area contributed by atoms with Gasteiger partial charge in [0.15, 0.2) is 5.79 Å². The summed E-state index contributed by atoms with van der Waals surface area (Å²) in [7, 11) is 0. The zero-order valence-corrected chi connectivity index (χ0v) is 12.6. The molecule has 20 heavy (non-hydrogen) atoms. The van der Waals surface area contributed by atoms with Crippen LogP contribution in [0.15, 0.2) is 24.3 Å². The fourth-order valence-electron chi connectivity index (χ4n) is 2.19. The van der Waals surface area contributed by atoms with Crippen LogP contribution in [0.1, 0.15) is 38.8 Å². The van der Waals surface area contributed by atoms with Gasteiger partial charge >= 0.3 is 5.97 Å². The average Bonchev–Trinajstić information content (AvgIpc) is 2.75. The normalized spacial score (nSPS) is 18.0. The van der Waals surface area contributed by atoms with Gasteiger partial charge in [0.25, 0.3) is 0 Å². The topological polar surface area (TPSA) is 44.8 Å². The Balaban J connectivity index is 2.08. The summed E-state index contributed by atoms with van der Waals surface area (Å²) in [6.07, 6.45) is 0.251. The van der Waals surface area contributed by atoms with Crippen molar-refractivity contribution < 1.29 is 19.0 Å². The third kappa shape index (κ3) is 3.81.